The van der Waals surface area contributed by atoms with Gasteiger partial charge >= 0.3 is 5.97 Å². The molecule has 7 nitrogen and oxygen atoms in total. The summed E-state index contributed by atoms with van der Waals surface area (Å²) in [4.78, 5) is 15.9. The Morgan fingerprint density at radius 3 is 2.87 bits per heavy atom. The molecule has 1 aromatic heterocycles. The average molecular weight is 444 g/mol. The molecule has 0 amide bonds. The van der Waals surface area contributed by atoms with Crippen LogP contribution in [-0.4, -0.2) is 33.4 Å². The number of halogens is 1. The molecule has 1 heterocycles. The summed E-state index contributed by atoms with van der Waals surface area (Å²) < 4.78 is 11.2. The Morgan fingerprint density at radius 2 is 2.19 bits per heavy atom. The maximum Gasteiger partial charge on any atom is 0.308 e. The number of nitrogens with one attached hydrogen (secondary N) is 1. The second-order valence-electron chi connectivity index (χ2n) is 8.26. The number of rotatable bonds is 7. The van der Waals surface area contributed by atoms with E-state index >= 15 is 0 Å². The molecule has 8 heteroatoms. The van der Waals surface area contributed by atoms with Gasteiger partial charge in [-0.3, -0.25) is 4.79 Å². The first-order valence-electron chi connectivity index (χ1n) is 10.6. The molecule has 2 aromatic rings. The number of nitrogens with zero attached hydrogens (tertiary/aromatic N) is 2. The van der Waals surface area contributed by atoms with E-state index in [1.165, 1.54) is 0 Å². The second kappa shape index (κ2) is 9.14. The van der Waals surface area contributed by atoms with Crippen molar-refractivity contribution in [2.75, 3.05) is 0 Å². The molecule has 31 heavy (non-hydrogen) atoms. The van der Waals surface area contributed by atoms with E-state index in [1.54, 1.807) is 6.07 Å². The van der Waals surface area contributed by atoms with Crippen LogP contribution in [0.2, 0.25) is 5.02 Å². The zero-order valence-electron chi connectivity index (χ0n) is 17.5. The van der Waals surface area contributed by atoms with E-state index in [1.807, 2.05) is 38.1 Å². The number of carbonyl (C=O) groups is 1. The minimum atomic E-state index is -0.726. The number of ether oxygens (including phenoxy) is 1. The molecule has 164 valence electrons. The van der Waals surface area contributed by atoms with Crippen LogP contribution in [0.4, 0.5) is 0 Å². The standard InChI is InChI=1S/C23H26ClN3O4/c1-13(2)30-20-11-8-15(12-18(20)24)21-26-22(31-27-21)14-6-9-16(10-7-14)25-19-5-3-4-17(19)23(28)29/h6,8-14,17,19,25H,3-5,7H2,1-2H3,(H,28,29)/t14?,17-,19+/m1/s1. The maximum absolute atomic E-state index is 11.4. The van der Waals surface area contributed by atoms with Crippen molar-refractivity contribution in [3.05, 3.63) is 53.0 Å². The molecular formula is C23H26ClN3O4. The summed E-state index contributed by atoms with van der Waals surface area (Å²) in [6.07, 6.45) is 9.31. The van der Waals surface area contributed by atoms with Gasteiger partial charge in [0, 0.05) is 17.3 Å². The van der Waals surface area contributed by atoms with Crippen LogP contribution in [0.3, 0.4) is 0 Å². The SMILES string of the molecule is CC(C)Oc1ccc(-c2noc(C3C=CC(N[C@H]4CCC[C@H]4C(=O)O)=CC3)n2)cc1Cl. The molecule has 2 N–H and O–H groups in total. The number of aliphatic carboxylic acids is 1. The van der Waals surface area contributed by atoms with E-state index in [9.17, 15) is 9.90 Å². The largest absolute Gasteiger partial charge is 0.489 e. The molecule has 0 aliphatic heterocycles. The fourth-order valence-corrected chi connectivity index (χ4v) is 4.27. The lowest BCUT2D eigenvalue weighted by Crippen LogP contribution is -2.35. The topological polar surface area (TPSA) is 97.5 Å². The summed E-state index contributed by atoms with van der Waals surface area (Å²) in [5.41, 5.74) is 1.71. The highest BCUT2D eigenvalue weighted by atomic mass is 35.5. The number of aromatic nitrogens is 2. The minimum absolute atomic E-state index is 0.0210. The minimum Gasteiger partial charge on any atom is -0.489 e. The van der Waals surface area contributed by atoms with Gasteiger partial charge in [0.1, 0.15) is 5.75 Å². The van der Waals surface area contributed by atoms with Gasteiger partial charge in [-0.05, 0) is 57.4 Å². The number of allylic oxidation sites excluding steroid dienone is 3. The highest BCUT2D eigenvalue weighted by molar-refractivity contribution is 6.32. The lowest BCUT2D eigenvalue weighted by atomic mass is 9.98. The highest BCUT2D eigenvalue weighted by Crippen LogP contribution is 2.32. The molecule has 2 aliphatic carbocycles. The van der Waals surface area contributed by atoms with Crippen molar-refractivity contribution in [2.24, 2.45) is 5.92 Å². The monoisotopic (exact) mass is 443 g/mol. The van der Waals surface area contributed by atoms with E-state index < -0.39 is 5.97 Å². The Morgan fingerprint density at radius 1 is 1.35 bits per heavy atom. The molecular weight excluding hydrogens is 418 g/mol. The van der Waals surface area contributed by atoms with Crippen LogP contribution >= 0.6 is 11.6 Å². The summed E-state index contributed by atoms with van der Waals surface area (Å²) in [5, 5.41) is 17.3. The molecule has 1 saturated carbocycles. The predicted molar refractivity (Wildman–Crippen MR) is 117 cm³/mol. The van der Waals surface area contributed by atoms with Crippen molar-refractivity contribution in [1.29, 1.82) is 0 Å². The van der Waals surface area contributed by atoms with Gasteiger partial charge in [-0.25, -0.2) is 0 Å². The molecule has 1 unspecified atom stereocenters. The van der Waals surface area contributed by atoms with Gasteiger partial charge in [-0.15, -0.1) is 0 Å². The van der Waals surface area contributed by atoms with Crippen molar-refractivity contribution in [3.63, 3.8) is 0 Å². The van der Waals surface area contributed by atoms with Crippen molar-refractivity contribution in [1.82, 2.24) is 15.5 Å². The molecule has 0 bridgehead atoms. The van der Waals surface area contributed by atoms with Crippen molar-refractivity contribution < 1.29 is 19.2 Å². The van der Waals surface area contributed by atoms with E-state index in [4.69, 9.17) is 20.9 Å². The molecule has 1 aromatic carbocycles. The third-order valence-electron chi connectivity index (χ3n) is 5.60. The van der Waals surface area contributed by atoms with Crippen LogP contribution in [0, 0.1) is 5.92 Å². The summed E-state index contributed by atoms with van der Waals surface area (Å²) in [5.74, 6) is 0.556. The fourth-order valence-electron chi connectivity index (χ4n) is 4.05. The van der Waals surface area contributed by atoms with Crippen molar-refractivity contribution in [2.45, 2.75) is 57.6 Å². The Labute approximate surface area is 186 Å². The molecule has 0 spiro atoms. The van der Waals surface area contributed by atoms with Gasteiger partial charge in [-0.1, -0.05) is 35.3 Å². The summed E-state index contributed by atoms with van der Waals surface area (Å²) in [7, 11) is 0. The third kappa shape index (κ3) is 4.93. The molecule has 0 saturated heterocycles. The zero-order chi connectivity index (χ0) is 22.0. The normalized spacial score (nSPS) is 23.1. The van der Waals surface area contributed by atoms with Crippen molar-refractivity contribution in [3.8, 4) is 17.1 Å². The molecule has 1 fully saturated rings. The van der Waals surface area contributed by atoms with Crippen molar-refractivity contribution >= 4 is 17.6 Å². The summed E-state index contributed by atoms with van der Waals surface area (Å²) >= 11 is 6.32. The van der Waals surface area contributed by atoms with Gasteiger partial charge in [-0.2, -0.15) is 4.98 Å². The van der Waals surface area contributed by atoms with Crippen LogP contribution in [0.15, 0.2) is 46.6 Å². The first kappa shape index (κ1) is 21.4. The number of carboxylic acid groups (broad SMARTS) is 1. The zero-order valence-corrected chi connectivity index (χ0v) is 18.3. The first-order valence-corrected chi connectivity index (χ1v) is 11.0. The van der Waals surface area contributed by atoms with Crippen LogP contribution in [0.25, 0.3) is 11.4 Å². The number of benzene rings is 1. The van der Waals surface area contributed by atoms with Crippen LogP contribution < -0.4 is 10.1 Å². The van der Waals surface area contributed by atoms with E-state index in [0.717, 1.165) is 30.5 Å². The second-order valence-corrected chi connectivity index (χ2v) is 8.66. The van der Waals surface area contributed by atoms with E-state index in [-0.39, 0.29) is 24.0 Å². The molecule has 0 radical (unpaired) electrons. The van der Waals surface area contributed by atoms with Gasteiger partial charge in [0.25, 0.3) is 0 Å². The number of hydrogen-bond donors (Lipinski definition) is 2. The van der Waals surface area contributed by atoms with Crippen LogP contribution in [-0.2, 0) is 4.79 Å². The van der Waals surface area contributed by atoms with E-state index in [0.29, 0.717) is 28.9 Å². The van der Waals surface area contributed by atoms with Gasteiger partial charge in [0.15, 0.2) is 0 Å². The van der Waals surface area contributed by atoms with Crippen LogP contribution in [0.1, 0.15) is 51.3 Å². The highest BCUT2D eigenvalue weighted by Gasteiger charge is 2.33. The molecule has 3 atom stereocenters. The number of carboxylic acids is 1. The lowest BCUT2D eigenvalue weighted by molar-refractivity contribution is -0.142. The summed E-state index contributed by atoms with van der Waals surface area (Å²) in [6, 6.07) is 5.42. The quantitative estimate of drug-likeness (QED) is 0.624. The predicted octanol–water partition coefficient (Wildman–Crippen LogP) is 4.95. The fraction of sp³-hybridized carbons (Fsp3) is 0.435. The van der Waals surface area contributed by atoms with E-state index in [2.05, 4.69) is 21.5 Å². The van der Waals surface area contributed by atoms with Gasteiger partial charge in [0.2, 0.25) is 11.7 Å². The number of hydrogen-bond acceptors (Lipinski definition) is 6. The third-order valence-corrected chi connectivity index (χ3v) is 5.89. The Balaban J connectivity index is 1.40. The Kier molecular flexibility index (Phi) is 6.32. The Hall–Kier alpha value is -2.80. The van der Waals surface area contributed by atoms with Gasteiger partial charge < -0.3 is 19.7 Å². The Bertz CT molecular complexity index is 1010. The molecule has 4 rings (SSSR count). The lowest BCUT2D eigenvalue weighted by Gasteiger charge is -2.22. The summed E-state index contributed by atoms with van der Waals surface area (Å²) in [6.45, 7) is 3.89. The first-order chi connectivity index (χ1) is 14.9. The average Bonchev–Trinajstić information content (AvgIpc) is 3.40. The molecule has 2 aliphatic rings. The maximum atomic E-state index is 11.4. The van der Waals surface area contributed by atoms with Crippen LogP contribution in [0.5, 0.6) is 5.75 Å². The smallest absolute Gasteiger partial charge is 0.308 e. The van der Waals surface area contributed by atoms with Gasteiger partial charge in [0.05, 0.1) is 23.0 Å².